The average molecular weight is 244 g/mol. The van der Waals surface area contributed by atoms with E-state index in [1.54, 1.807) is 30.3 Å². The van der Waals surface area contributed by atoms with Crippen LogP contribution in [0.25, 0.3) is 0 Å². The Kier molecular flexibility index (Phi) is 3.14. The lowest BCUT2D eigenvalue weighted by Gasteiger charge is -2.08. The summed E-state index contributed by atoms with van der Waals surface area (Å²) in [7, 11) is 0. The summed E-state index contributed by atoms with van der Waals surface area (Å²) >= 11 is 0. The molecular weight excluding hydrogens is 232 g/mol. The highest BCUT2D eigenvalue weighted by molar-refractivity contribution is 6.03. The molecule has 0 atom stereocenters. The van der Waals surface area contributed by atoms with Gasteiger partial charge < -0.3 is 15.5 Å². The summed E-state index contributed by atoms with van der Waals surface area (Å²) in [6.45, 7) is 1.82. The number of nitrogens with two attached hydrogens (primary N) is 1. The number of nitrogens with one attached hydrogen (secondary N) is 1. The van der Waals surface area contributed by atoms with Crippen LogP contribution in [0.2, 0.25) is 0 Å². The summed E-state index contributed by atoms with van der Waals surface area (Å²) < 4.78 is 4.98. The Bertz CT molecular complexity index is 588. The number of anilines is 1. The Hall–Kier alpha value is -2.56. The van der Waals surface area contributed by atoms with Crippen molar-refractivity contribution in [2.24, 2.45) is 5.73 Å². The molecule has 5 heteroatoms. The summed E-state index contributed by atoms with van der Waals surface area (Å²) in [5.74, 6) is -0.702. The molecule has 0 fully saturated rings. The van der Waals surface area contributed by atoms with Crippen molar-refractivity contribution in [1.29, 1.82) is 0 Å². The molecule has 0 aliphatic rings. The predicted molar refractivity (Wildman–Crippen MR) is 66.4 cm³/mol. The van der Waals surface area contributed by atoms with Gasteiger partial charge in [0, 0.05) is 11.3 Å². The second kappa shape index (κ2) is 4.75. The molecule has 0 bridgehead atoms. The van der Waals surface area contributed by atoms with E-state index in [1.807, 2.05) is 6.92 Å². The molecule has 0 aliphatic heterocycles. The van der Waals surface area contributed by atoms with Crippen molar-refractivity contribution in [2.75, 3.05) is 5.32 Å². The molecule has 5 nitrogen and oxygen atoms in total. The monoisotopic (exact) mass is 244 g/mol. The number of furan rings is 1. The smallest absolute Gasteiger partial charge is 0.291 e. The highest BCUT2D eigenvalue weighted by Crippen LogP contribution is 2.17. The molecule has 1 heterocycles. The molecule has 0 saturated heterocycles. The number of aryl methyl sites for hydroxylation is 1. The normalized spacial score (nSPS) is 10.1. The first kappa shape index (κ1) is 11.9. The molecule has 0 radical (unpaired) electrons. The summed E-state index contributed by atoms with van der Waals surface area (Å²) in [5.41, 5.74) is 6.90. The molecule has 2 aromatic rings. The van der Waals surface area contributed by atoms with Crippen LogP contribution in [-0.2, 0) is 0 Å². The molecule has 92 valence electrons. The van der Waals surface area contributed by atoms with Gasteiger partial charge in [0.25, 0.3) is 5.91 Å². The fourth-order valence-corrected chi connectivity index (χ4v) is 1.50. The van der Waals surface area contributed by atoms with Crippen molar-refractivity contribution < 1.29 is 14.0 Å². The standard InChI is InChI=1S/C13H12N2O3/c1-8-4-5-9(12(14)16)7-10(8)15-13(17)11-3-2-6-18-11/h2-7H,1H3,(H2,14,16)(H,15,17). The van der Waals surface area contributed by atoms with Gasteiger partial charge in [0.2, 0.25) is 5.91 Å². The molecule has 3 N–H and O–H groups in total. The molecule has 0 spiro atoms. The number of rotatable bonds is 3. The van der Waals surface area contributed by atoms with Crippen LogP contribution < -0.4 is 11.1 Å². The zero-order chi connectivity index (χ0) is 13.1. The van der Waals surface area contributed by atoms with E-state index in [0.717, 1.165) is 5.56 Å². The minimum absolute atomic E-state index is 0.207. The lowest BCUT2D eigenvalue weighted by atomic mass is 10.1. The lowest BCUT2D eigenvalue weighted by Crippen LogP contribution is -2.15. The number of carbonyl (C=O) groups excluding carboxylic acids is 2. The topological polar surface area (TPSA) is 85.3 Å². The van der Waals surface area contributed by atoms with E-state index in [0.29, 0.717) is 11.3 Å². The first-order valence-corrected chi connectivity index (χ1v) is 5.33. The fourth-order valence-electron chi connectivity index (χ4n) is 1.50. The third kappa shape index (κ3) is 2.40. The predicted octanol–water partition coefficient (Wildman–Crippen LogP) is 1.94. The number of benzene rings is 1. The lowest BCUT2D eigenvalue weighted by molar-refractivity contribution is 0.0988. The second-order valence-corrected chi connectivity index (χ2v) is 3.83. The van der Waals surface area contributed by atoms with Crippen molar-refractivity contribution in [3.63, 3.8) is 0 Å². The highest BCUT2D eigenvalue weighted by atomic mass is 16.3. The number of hydrogen-bond donors (Lipinski definition) is 2. The van der Waals surface area contributed by atoms with Crippen LogP contribution >= 0.6 is 0 Å². The van der Waals surface area contributed by atoms with E-state index in [4.69, 9.17) is 10.2 Å². The maximum Gasteiger partial charge on any atom is 0.291 e. The molecule has 0 unspecified atom stereocenters. The van der Waals surface area contributed by atoms with Crippen LogP contribution in [0.3, 0.4) is 0 Å². The Morgan fingerprint density at radius 1 is 1.28 bits per heavy atom. The van der Waals surface area contributed by atoms with Crippen molar-refractivity contribution in [2.45, 2.75) is 6.92 Å². The van der Waals surface area contributed by atoms with Gasteiger partial charge in [-0.05, 0) is 36.8 Å². The van der Waals surface area contributed by atoms with E-state index >= 15 is 0 Å². The number of hydrogen-bond acceptors (Lipinski definition) is 3. The average Bonchev–Trinajstić information content (AvgIpc) is 2.85. The van der Waals surface area contributed by atoms with Crippen LogP contribution in [0, 0.1) is 6.92 Å². The Balaban J connectivity index is 2.26. The minimum Gasteiger partial charge on any atom is -0.459 e. The Morgan fingerprint density at radius 2 is 2.06 bits per heavy atom. The van der Waals surface area contributed by atoms with Crippen molar-refractivity contribution in [1.82, 2.24) is 0 Å². The van der Waals surface area contributed by atoms with E-state index in [1.165, 1.54) is 6.26 Å². The molecular formula is C13H12N2O3. The van der Waals surface area contributed by atoms with Gasteiger partial charge in [-0.1, -0.05) is 6.07 Å². The van der Waals surface area contributed by atoms with Crippen LogP contribution in [-0.4, -0.2) is 11.8 Å². The molecule has 1 aromatic carbocycles. The highest BCUT2D eigenvalue weighted by Gasteiger charge is 2.11. The van der Waals surface area contributed by atoms with Crippen molar-refractivity contribution in [3.05, 3.63) is 53.5 Å². The Labute approximate surface area is 104 Å². The molecule has 2 rings (SSSR count). The molecule has 18 heavy (non-hydrogen) atoms. The summed E-state index contributed by atoms with van der Waals surface area (Å²) in [4.78, 5) is 22.9. The van der Waals surface area contributed by atoms with E-state index in [9.17, 15) is 9.59 Å². The molecule has 0 aliphatic carbocycles. The van der Waals surface area contributed by atoms with Crippen LogP contribution in [0.15, 0.2) is 41.0 Å². The van der Waals surface area contributed by atoms with E-state index in [-0.39, 0.29) is 11.7 Å². The van der Waals surface area contributed by atoms with Crippen LogP contribution in [0.4, 0.5) is 5.69 Å². The number of carbonyl (C=O) groups is 2. The first-order chi connectivity index (χ1) is 8.58. The van der Waals surface area contributed by atoms with Crippen LogP contribution in [0.1, 0.15) is 26.5 Å². The first-order valence-electron chi connectivity index (χ1n) is 5.33. The number of primary amides is 1. The van der Waals surface area contributed by atoms with Gasteiger partial charge in [-0.25, -0.2) is 0 Å². The van der Waals surface area contributed by atoms with Gasteiger partial charge in [0.05, 0.1) is 6.26 Å². The van der Waals surface area contributed by atoms with E-state index < -0.39 is 5.91 Å². The molecule has 1 aromatic heterocycles. The van der Waals surface area contributed by atoms with Gasteiger partial charge in [-0.2, -0.15) is 0 Å². The quantitative estimate of drug-likeness (QED) is 0.865. The van der Waals surface area contributed by atoms with Gasteiger partial charge in [0.15, 0.2) is 5.76 Å². The zero-order valence-corrected chi connectivity index (χ0v) is 9.77. The number of amides is 2. The maximum absolute atomic E-state index is 11.8. The summed E-state index contributed by atoms with van der Waals surface area (Å²) in [6.07, 6.45) is 1.42. The van der Waals surface area contributed by atoms with Crippen molar-refractivity contribution in [3.8, 4) is 0 Å². The summed E-state index contributed by atoms with van der Waals surface area (Å²) in [5, 5.41) is 2.67. The van der Waals surface area contributed by atoms with Gasteiger partial charge >= 0.3 is 0 Å². The van der Waals surface area contributed by atoms with Gasteiger partial charge in [-0.3, -0.25) is 9.59 Å². The second-order valence-electron chi connectivity index (χ2n) is 3.83. The van der Waals surface area contributed by atoms with Crippen molar-refractivity contribution >= 4 is 17.5 Å². The summed E-state index contributed by atoms with van der Waals surface area (Å²) in [6, 6.07) is 8.06. The van der Waals surface area contributed by atoms with E-state index in [2.05, 4.69) is 5.32 Å². The largest absolute Gasteiger partial charge is 0.459 e. The SMILES string of the molecule is Cc1ccc(C(N)=O)cc1NC(=O)c1ccco1. The zero-order valence-electron chi connectivity index (χ0n) is 9.77. The van der Waals surface area contributed by atoms with Crippen LogP contribution in [0.5, 0.6) is 0 Å². The molecule has 0 saturated carbocycles. The minimum atomic E-state index is -0.538. The van der Waals surface area contributed by atoms with Gasteiger partial charge in [0.1, 0.15) is 0 Å². The Morgan fingerprint density at radius 3 is 2.67 bits per heavy atom. The van der Waals surface area contributed by atoms with Gasteiger partial charge in [-0.15, -0.1) is 0 Å². The molecule has 2 amide bonds. The third-order valence-corrected chi connectivity index (χ3v) is 2.52. The maximum atomic E-state index is 11.8. The third-order valence-electron chi connectivity index (χ3n) is 2.52. The fraction of sp³-hybridized carbons (Fsp3) is 0.0769.